The summed E-state index contributed by atoms with van der Waals surface area (Å²) >= 11 is 0. The lowest BCUT2D eigenvalue weighted by Gasteiger charge is -2.19. The second kappa shape index (κ2) is 10.8. The molecular formula is C25H27NO4S. The first-order valence-electron chi connectivity index (χ1n) is 10.1. The van der Waals surface area contributed by atoms with Gasteiger partial charge in [0.05, 0.1) is 24.3 Å². The zero-order valence-electron chi connectivity index (χ0n) is 17.7. The molecule has 0 aliphatic rings. The van der Waals surface area contributed by atoms with Gasteiger partial charge in [0, 0.05) is 19.4 Å². The highest BCUT2D eigenvalue weighted by atomic mass is 32.2. The highest BCUT2D eigenvalue weighted by Gasteiger charge is 2.21. The number of furan rings is 1. The maximum absolute atomic E-state index is 12.9. The van der Waals surface area contributed by atoms with Crippen molar-refractivity contribution in [2.24, 2.45) is 0 Å². The van der Waals surface area contributed by atoms with Gasteiger partial charge in [-0.1, -0.05) is 54.6 Å². The second-order valence-corrected chi connectivity index (χ2v) is 9.06. The molecule has 3 rings (SSSR count). The first-order chi connectivity index (χ1) is 15.0. The normalized spacial score (nSPS) is 11.1. The molecule has 0 unspecified atom stereocenters. The van der Waals surface area contributed by atoms with E-state index in [-0.39, 0.29) is 11.4 Å². The number of nitrogens with zero attached hydrogens (tertiary/aromatic N) is 1. The Hall–Kier alpha value is -3.05. The lowest BCUT2D eigenvalue weighted by Crippen LogP contribution is -2.28. The molecule has 0 amide bonds. The molecule has 162 valence electrons. The van der Waals surface area contributed by atoms with Crippen LogP contribution in [0.4, 0.5) is 0 Å². The summed E-state index contributed by atoms with van der Waals surface area (Å²) < 4.78 is 38.7. The summed E-state index contributed by atoms with van der Waals surface area (Å²) in [4.78, 5) is 0.236. The number of aryl methyl sites for hydroxylation is 1. The van der Waals surface area contributed by atoms with Crippen molar-refractivity contribution in [1.29, 1.82) is 0 Å². The number of sulfonamides is 1. The minimum atomic E-state index is -3.67. The van der Waals surface area contributed by atoms with Gasteiger partial charge in [-0.05, 0) is 36.8 Å². The average molecular weight is 438 g/mol. The molecule has 2 aromatic carbocycles. The number of benzene rings is 2. The zero-order valence-corrected chi connectivity index (χ0v) is 18.5. The number of hydrogen-bond donors (Lipinski definition) is 0. The Kier molecular flexibility index (Phi) is 7.90. The fourth-order valence-corrected chi connectivity index (χ4v) is 4.35. The van der Waals surface area contributed by atoms with E-state index in [4.69, 9.17) is 9.15 Å². The van der Waals surface area contributed by atoms with E-state index in [0.29, 0.717) is 26.1 Å². The first kappa shape index (κ1) is 22.6. The first-order valence-corrected chi connectivity index (χ1v) is 11.6. The van der Waals surface area contributed by atoms with E-state index >= 15 is 0 Å². The van der Waals surface area contributed by atoms with Crippen LogP contribution in [0.2, 0.25) is 0 Å². The number of ether oxygens (including phenoxy) is 1. The fourth-order valence-electron chi connectivity index (χ4n) is 3.05. The largest absolute Gasteiger partial charge is 0.466 e. The van der Waals surface area contributed by atoms with Crippen molar-refractivity contribution in [3.8, 4) is 0 Å². The fraction of sp³-hybridized carbons (Fsp3) is 0.240. The molecular weight excluding hydrogens is 410 g/mol. The standard InChI is InChI=1S/C25H27NO4S/c1-3-17-26(31(27,28)25-13-9-21(2)10-14-25)18-15-23-11-12-24(30-23)16-19-29-20-22-7-5-4-6-8-22/h4-14,17H,1,15-16,18-20H2,2H3. The lowest BCUT2D eigenvalue weighted by atomic mass is 10.2. The van der Waals surface area contributed by atoms with E-state index in [1.54, 1.807) is 24.3 Å². The minimum Gasteiger partial charge on any atom is -0.466 e. The highest BCUT2D eigenvalue weighted by molar-refractivity contribution is 7.89. The van der Waals surface area contributed by atoms with Crippen LogP contribution in [0, 0.1) is 6.92 Å². The Morgan fingerprint density at radius 2 is 1.68 bits per heavy atom. The van der Waals surface area contributed by atoms with E-state index in [2.05, 4.69) is 12.3 Å². The molecule has 0 spiro atoms. The number of rotatable bonds is 11. The Bertz CT molecular complexity index is 1110. The molecule has 0 aliphatic heterocycles. The molecule has 0 saturated heterocycles. The van der Waals surface area contributed by atoms with Crippen LogP contribution in [-0.4, -0.2) is 25.9 Å². The molecule has 0 bridgehead atoms. The average Bonchev–Trinajstić information content (AvgIpc) is 3.23. The van der Waals surface area contributed by atoms with E-state index in [0.717, 1.165) is 22.6 Å². The van der Waals surface area contributed by atoms with Gasteiger partial charge in [-0.15, -0.1) is 5.73 Å². The van der Waals surface area contributed by atoms with Crippen LogP contribution in [0.5, 0.6) is 0 Å². The quantitative estimate of drug-likeness (QED) is 0.317. The van der Waals surface area contributed by atoms with Gasteiger partial charge >= 0.3 is 0 Å². The summed E-state index contributed by atoms with van der Waals surface area (Å²) in [7, 11) is -3.67. The third kappa shape index (κ3) is 6.46. The third-order valence-corrected chi connectivity index (χ3v) is 6.54. The molecule has 0 N–H and O–H groups in total. The van der Waals surface area contributed by atoms with E-state index in [9.17, 15) is 8.42 Å². The van der Waals surface area contributed by atoms with Crippen molar-refractivity contribution < 1.29 is 17.6 Å². The Labute approximate surface area is 184 Å². The Morgan fingerprint density at radius 3 is 2.35 bits per heavy atom. The van der Waals surface area contributed by atoms with Crippen LogP contribution in [0.1, 0.15) is 22.6 Å². The summed E-state index contributed by atoms with van der Waals surface area (Å²) in [5.74, 6) is 1.54. The zero-order chi connectivity index (χ0) is 22.1. The highest BCUT2D eigenvalue weighted by Crippen LogP contribution is 2.18. The predicted molar refractivity (Wildman–Crippen MR) is 121 cm³/mol. The van der Waals surface area contributed by atoms with Gasteiger partial charge in [0.1, 0.15) is 11.5 Å². The topological polar surface area (TPSA) is 59.8 Å². The third-order valence-electron chi connectivity index (χ3n) is 4.76. The smallest absolute Gasteiger partial charge is 0.264 e. The van der Waals surface area contributed by atoms with Gasteiger partial charge < -0.3 is 9.15 Å². The maximum Gasteiger partial charge on any atom is 0.264 e. The summed E-state index contributed by atoms with van der Waals surface area (Å²) in [5, 5.41) is 0. The van der Waals surface area contributed by atoms with Crippen molar-refractivity contribution in [1.82, 2.24) is 4.31 Å². The van der Waals surface area contributed by atoms with Gasteiger partial charge in [0.2, 0.25) is 0 Å². The van der Waals surface area contributed by atoms with Crippen molar-refractivity contribution in [3.05, 3.63) is 108 Å². The van der Waals surface area contributed by atoms with Crippen molar-refractivity contribution in [3.63, 3.8) is 0 Å². The molecule has 5 nitrogen and oxygen atoms in total. The van der Waals surface area contributed by atoms with Gasteiger partial charge in [-0.25, -0.2) is 8.42 Å². The van der Waals surface area contributed by atoms with Gasteiger partial charge in [0.15, 0.2) is 0 Å². The lowest BCUT2D eigenvalue weighted by molar-refractivity contribution is 0.120. The molecule has 0 aliphatic carbocycles. The number of hydrogen-bond acceptors (Lipinski definition) is 4. The van der Waals surface area contributed by atoms with Crippen LogP contribution >= 0.6 is 0 Å². The van der Waals surface area contributed by atoms with Gasteiger partial charge in [0.25, 0.3) is 10.0 Å². The maximum atomic E-state index is 12.9. The molecule has 31 heavy (non-hydrogen) atoms. The van der Waals surface area contributed by atoms with Crippen LogP contribution < -0.4 is 0 Å². The SMILES string of the molecule is C=C=CN(CCc1ccc(CCOCc2ccccc2)o1)S(=O)(=O)c1ccc(C)cc1. The second-order valence-electron chi connectivity index (χ2n) is 7.17. The van der Waals surface area contributed by atoms with Gasteiger partial charge in [-0.2, -0.15) is 0 Å². The summed E-state index contributed by atoms with van der Waals surface area (Å²) in [6.07, 6.45) is 2.45. The molecule has 6 heteroatoms. The minimum absolute atomic E-state index is 0.232. The molecule has 1 heterocycles. The van der Waals surface area contributed by atoms with Crippen LogP contribution in [0.3, 0.4) is 0 Å². The van der Waals surface area contributed by atoms with Crippen molar-refractivity contribution in [2.75, 3.05) is 13.2 Å². The van der Waals surface area contributed by atoms with E-state index in [1.807, 2.05) is 49.4 Å². The molecule has 0 radical (unpaired) electrons. The molecule has 0 atom stereocenters. The molecule has 0 saturated carbocycles. The Morgan fingerprint density at radius 1 is 1.00 bits per heavy atom. The molecule has 0 fully saturated rings. The molecule has 1 aromatic heterocycles. The van der Waals surface area contributed by atoms with Crippen LogP contribution in [0.25, 0.3) is 0 Å². The van der Waals surface area contributed by atoms with Gasteiger partial charge in [-0.3, -0.25) is 4.31 Å². The Balaban J connectivity index is 1.53. The van der Waals surface area contributed by atoms with Crippen molar-refractivity contribution >= 4 is 10.0 Å². The monoisotopic (exact) mass is 437 g/mol. The van der Waals surface area contributed by atoms with Crippen LogP contribution in [0.15, 0.2) is 94.6 Å². The van der Waals surface area contributed by atoms with Crippen LogP contribution in [-0.2, 0) is 34.2 Å². The van der Waals surface area contributed by atoms with Crippen molar-refractivity contribution in [2.45, 2.75) is 31.3 Å². The predicted octanol–water partition coefficient (Wildman–Crippen LogP) is 4.88. The summed E-state index contributed by atoms with van der Waals surface area (Å²) in [6.45, 7) is 6.78. The summed E-state index contributed by atoms with van der Waals surface area (Å²) in [6, 6.07) is 20.6. The van der Waals surface area contributed by atoms with E-state index < -0.39 is 10.0 Å². The van der Waals surface area contributed by atoms with E-state index in [1.165, 1.54) is 10.5 Å². The summed E-state index contributed by atoms with van der Waals surface area (Å²) in [5.41, 5.74) is 4.70. The molecule has 3 aromatic rings.